The Labute approximate surface area is 162 Å². The third kappa shape index (κ3) is 3.41. The molecular weight excluding hydrogens is 390 g/mol. The van der Waals surface area contributed by atoms with Crippen LogP contribution in [0, 0.1) is 6.92 Å². The number of phenols is 1. The number of aryl methyl sites for hydroxylation is 1. The second-order valence-electron chi connectivity index (χ2n) is 6.87. The number of nitrogens with zero attached hydrogens (tertiary/aromatic N) is 3. The van der Waals surface area contributed by atoms with E-state index in [4.69, 9.17) is 0 Å². The topological polar surface area (TPSA) is 39.6 Å². The number of pyridine rings is 1. The van der Waals surface area contributed by atoms with Crippen LogP contribution in [0.3, 0.4) is 0 Å². The Morgan fingerprint density at radius 2 is 1.88 bits per heavy atom. The van der Waals surface area contributed by atoms with Crippen LogP contribution in [0.5, 0.6) is 5.75 Å². The zero-order valence-electron chi connectivity index (χ0n) is 14.8. The van der Waals surface area contributed by atoms with Crippen molar-refractivity contribution in [3.63, 3.8) is 0 Å². The van der Waals surface area contributed by atoms with Crippen LogP contribution in [0.4, 0.5) is 5.69 Å². The number of halogens is 1. The fraction of sp³-hybridized carbons (Fsp3) is 0.286. The Morgan fingerprint density at radius 1 is 1.08 bits per heavy atom. The summed E-state index contributed by atoms with van der Waals surface area (Å²) in [6.07, 6.45) is 1.72. The highest BCUT2D eigenvalue weighted by Gasteiger charge is 2.20. The van der Waals surface area contributed by atoms with Crippen molar-refractivity contribution < 1.29 is 5.11 Å². The predicted molar refractivity (Wildman–Crippen MR) is 110 cm³/mol. The third-order valence-corrected chi connectivity index (χ3v) is 5.68. The van der Waals surface area contributed by atoms with Gasteiger partial charge in [-0.25, -0.2) is 0 Å². The van der Waals surface area contributed by atoms with E-state index >= 15 is 0 Å². The van der Waals surface area contributed by atoms with Crippen molar-refractivity contribution >= 4 is 32.5 Å². The van der Waals surface area contributed by atoms with Gasteiger partial charge in [0.05, 0.1) is 0 Å². The van der Waals surface area contributed by atoms with Crippen LogP contribution >= 0.6 is 15.9 Å². The molecule has 1 aliphatic heterocycles. The molecule has 0 saturated carbocycles. The Bertz CT molecular complexity index is 936. The molecule has 3 aromatic rings. The lowest BCUT2D eigenvalue weighted by Gasteiger charge is -2.36. The lowest BCUT2D eigenvalue weighted by atomic mass is 10.1. The van der Waals surface area contributed by atoms with Gasteiger partial charge in [-0.05, 0) is 36.8 Å². The number of aromatic hydroxyl groups is 1. The van der Waals surface area contributed by atoms with E-state index in [0.717, 1.165) is 48.1 Å². The van der Waals surface area contributed by atoms with Crippen molar-refractivity contribution in [3.05, 3.63) is 64.3 Å². The maximum Gasteiger partial charge on any atom is 0.146 e. The summed E-state index contributed by atoms with van der Waals surface area (Å²) in [4.78, 5) is 9.17. The van der Waals surface area contributed by atoms with E-state index in [1.54, 1.807) is 6.20 Å². The lowest BCUT2D eigenvalue weighted by molar-refractivity contribution is 0.247. The van der Waals surface area contributed by atoms with Gasteiger partial charge in [0.2, 0.25) is 0 Å². The molecule has 0 amide bonds. The van der Waals surface area contributed by atoms with E-state index in [9.17, 15) is 5.11 Å². The molecule has 0 radical (unpaired) electrons. The summed E-state index contributed by atoms with van der Waals surface area (Å²) >= 11 is 3.62. The maximum absolute atomic E-state index is 10.6. The van der Waals surface area contributed by atoms with Crippen LogP contribution < -0.4 is 4.90 Å². The monoisotopic (exact) mass is 411 g/mol. The largest absolute Gasteiger partial charge is 0.505 e. The summed E-state index contributed by atoms with van der Waals surface area (Å²) in [7, 11) is 0. The zero-order valence-corrected chi connectivity index (χ0v) is 16.4. The van der Waals surface area contributed by atoms with Gasteiger partial charge >= 0.3 is 0 Å². The van der Waals surface area contributed by atoms with Crippen LogP contribution in [0.2, 0.25) is 0 Å². The number of anilines is 1. The van der Waals surface area contributed by atoms with Crippen molar-refractivity contribution in [1.82, 2.24) is 9.88 Å². The number of hydrogen-bond donors (Lipinski definition) is 1. The molecule has 0 atom stereocenters. The molecule has 134 valence electrons. The van der Waals surface area contributed by atoms with Crippen LogP contribution in [0.15, 0.2) is 53.1 Å². The first kappa shape index (κ1) is 17.3. The van der Waals surface area contributed by atoms with Crippen molar-refractivity contribution in [2.24, 2.45) is 0 Å². The van der Waals surface area contributed by atoms with Gasteiger partial charge in [0.25, 0.3) is 0 Å². The molecule has 4 rings (SSSR count). The number of benzene rings is 2. The summed E-state index contributed by atoms with van der Waals surface area (Å²) in [5.41, 5.74) is 4.18. The van der Waals surface area contributed by atoms with Crippen molar-refractivity contribution in [2.45, 2.75) is 13.5 Å². The maximum atomic E-state index is 10.6. The average molecular weight is 412 g/mol. The minimum atomic E-state index is 0.296. The molecule has 0 spiro atoms. The molecule has 0 bridgehead atoms. The predicted octanol–water partition coefficient (Wildman–Crippen LogP) is 4.33. The van der Waals surface area contributed by atoms with Gasteiger partial charge in [-0.3, -0.25) is 9.88 Å². The smallest absolute Gasteiger partial charge is 0.146 e. The van der Waals surface area contributed by atoms with E-state index in [1.807, 2.05) is 18.2 Å². The zero-order chi connectivity index (χ0) is 18.1. The quantitative estimate of drug-likeness (QED) is 0.695. The van der Waals surface area contributed by atoms with Gasteiger partial charge in [-0.2, -0.15) is 0 Å². The molecule has 1 aromatic heterocycles. The summed E-state index contributed by atoms with van der Waals surface area (Å²) < 4.78 is 0.979. The number of aromatic nitrogens is 1. The first-order valence-electron chi connectivity index (χ1n) is 8.91. The van der Waals surface area contributed by atoms with Gasteiger partial charge in [0.1, 0.15) is 11.3 Å². The van der Waals surface area contributed by atoms with E-state index < -0.39 is 0 Å². The van der Waals surface area contributed by atoms with E-state index in [2.05, 4.69) is 61.9 Å². The van der Waals surface area contributed by atoms with E-state index in [1.165, 1.54) is 11.3 Å². The molecule has 1 saturated heterocycles. The fourth-order valence-corrected chi connectivity index (χ4v) is 4.18. The molecule has 0 aliphatic carbocycles. The molecule has 0 unspecified atom stereocenters. The van der Waals surface area contributed by atoms with E-state index in [0.29, 0.717) is 11.3 Å². The highest BCUT2D eigenvalue weighted by Crippen LogP contribution is 2.34. The van der Waals surface area contributed by atoms with Crippen LogP contribution in [0.1, 0.15) is 11.1 Å². The first-order chi connectivity index (χ1) is 12.6. The van der Waals surface area contributed by atoms with Gasteiger partial charge in [-0.1, -0.05) is 34.1 Å². The summed E-state index contributed by atoms with van der Waals surface area (Å²) in [5, 5.41) is 11.6. The highest BCUT2D eigenvalue weighted by atomic mass is 79.9. The minimum absolute atomic E-state index is 0.296. The van der Waals surface area contributed by atoms with Crippen LogP contribution in [0.25, 0.3) is 10.9 Å². The molecule has 2 aromatic carbocycles. The second-order valence-corrected chi connectivity index (χ2v) is 7.72. The van der Waals surface area contributed by atoms with Crippen molar-refractivity contribution in [2.75, 3.05) is 31.1 Å². The lowest BCUT2D eigenvalue weighted by Crippen LogP contribution is -2.46. The van der Waals surface area contributed by atoms with Gasteiger partial charge in [0.15, 0.2) is 0 Å². The Kier molecular flexibility index (Phi) is 4.83. The molecule has 1 N–H and O–H groups in total. The molecule has 1 aliphatic rings. The number of rotatable bonds is 3. The molecular formula is C21H22BrN3O. The van der Waals surface area contributed by atoms with Gasteiger partial charge in [-0.15, -0.1) is 0 Å². The normalized spacial score (nSPS) is 15.5. The first-order valence-corrected chi connectivity index (χ1v) is 9.70. The van der Waals surface area contributed by atoms with Crippen LogP contribution in [-0.2, 0) is 6.54 Å². The third-order valence-electron chi connectivity index (χ3n) is 5.03. The SMILES string of the molecule is Cc1cccc(N2CCN(Cc3cc(Br)c4cccnc4c3O)CC2)c1. The summed E-state index contributed by atoms with van der Waals surface area (Å²) in [6, 6.07) is 14.6. The molecule has 2 heterocycles. The van der Waals surface area contributed by atoms with Crippen molar-refractivity contribution in [3.8, 4) is 5.75 Å². The molecule has 26 heavy (non-hydrogen) atoms. The number of hydrogen-bond acceptors (Lipinski definition) is 4. The van der Waals surface area contributed by atoms with Crippen LogP contribution in [-0.4, -0.2) is 41.2 Å². The summed E-state index contributed by atoms with van der Waals surface area (Å²) in [5.74, 6) is 0.296. The Hall–Kier alpha value is -2.11. The second kappa shape index (κ2) is 7.25. The minimum Gasteiger partial charge on any atom is -0.505 e. The standard InChI is InChI=1S/C21H22BrN3O/c1-15-4-2-5-17(12-15)25-10-8-24(9-11-25)14-16-13-19(22)18-6-3-7-23-20(18)21(16)26/h2-7,12-13,26H,8-11,14H2,1H3. The number of piperazine rings is 1. The molecule has 1 fully saturated rings. The van der Waals surface area contributed by atoms with E-state index in [-0.39, 0.29) is 0 Å². The fourth-order valence-electron chi connectivity index (χ4n) is 3.59. The molecule has 4 nitrogen and oxygen atoms in total. The highest BCUT2D eigenvalue weighted by molar-refractivity contribution is 9.10. The Balaban J connectivity index is 1.48. The van der Waals surface area contributed by atoms with Gasteiger partial charge < -0.3 is 10.0 Å². The average Bonchev–Trinajstić information content (AvgIpc) is 2.66. The Morgan fingerprint density at radius 3 is 2.65 bits per heavy atom. The summed E-state index contributed by atoms with van der Waals surface area (Å²) in [6.45, 7) is 6.82. The van der Waals surface area contributed by atoms with Gasteiger partial charge in [0, 0.05) is 60.0 Å². The van der Waals surface area contributed by atoms with Crippen molar-refractivity contribution in [1.29, 1.82) is 0 Å². The number of phenolic OH excluding ortho intramolecular Hbond substituents is 1. The molecule has 5 heteroatoms. The number of fused-ring (bicyclic) bond motifs is 1.